The zero-order valence-corrected chi connectivity index (χ0v) is 17.5. The first-order chi connectivity index (χ1) is 13.6. The topological polar surface area (TPSA) is 66.5 Å². The van der Waals surface area contributed by atoms with Crippen LogP contribution in [0.3, 0.4) is 0 Å². The Bertz CT molecular complexity index is 944. The van der Waals surface area contributed by atoms with Crippen molar-refractivity contribution in [2.45, 2.75) is 62.4 Å². The predicted octanol–water partition coefficient (Wildman–Crippen LogP) is 3.95. The lowest BCUT2D eigenvalue weighted by atomic mass is 10.0. The van der Waals surface area contributed by atoms with Gasteiger partial charge < -0.3 is 5.32 Å². The van der Waals surface area contributed by atoms with E-state index in [4.69, 9.17) is 0 Å². The van der Waals surface area contributed by atoms with E-state index in [-0.39, 0.29) is 16.8 Å². The van der Waals surface area contributed by atoms with Crippen LogP contribution in [0.1, 0.15) is 59.3 Å². The van der Waals surface area contributed by atoms with Gasteiger partial charge in [0.25, 0.3) is 5.91 Å². The van der Waals surface area contributed by atoms with Gasteiger partial charge in [0.1, 0.15) is 9.77 Å². The summed E-state index contributed by atoms with van der Waals surface area (Å²) in [5.74, 6) is -0.252. The molecule has 2 heterocycles. The first kappa shape index (κ1) is 19.6. The fourth-order valence-electron chi connectivity index (χ4n) is 4.15. The van der Waals surface area contributed by atoms with Gasteiger partial charge in [-0.15, -0.1) is 11.3 Å². The number of rotatable bonds is 4. The highest BCUT2D eigenvalue weighted by Gasteiger charge is 2.32. The van der Waals surface area contributed by atoms with Crippen LogP contribution in [-0.2, 0) is 23.0 Å². The number of carbonyl (C=O) groups excluding carboxylic acids is 1. The zero-order valence-electron chi connectivity index (χ0n) is 15.9. The molecule has 1 aliphatic heterocycles. The van der Waals surface area contributed by atoms with Gasteiger partial charge in [-0.05, 0) is 41.8 Å². The van der Waals surface area contributed by atoms with Crippen LogP contribution in [0.5, 0.6) is 0 Å². The van der Waals surface area contributed by atoms with Gasteiger partial charge >= 0.3 is 0 Å². The van der Waals surface area contributed by atoms with Crippen molar-refractivity contribution in [3.8, 4) is 0 Å². The van der Waals surface area contributed by atoms with Crippen LogP contribution in [-0.4, -0.2) is 31.2 Å². The second-order valence-electron chi connectivity index (χ2n) is 7.63. The summed E-state index contributed by atoms with van der Waals surface area (Å²) in [6.45, 7) is 0.802. The second kappa shape index (κ2) is 8.35. The van der Waals surface area contributed by atoms with E-state index in [1.807, 2.05) is 18.2 Å². The van der Waals surface area contributed by atoms with Gasteiger partial charge in [-0.3, -0.25) is 4.79 Å². The maximum atomic E-state index is 13.3. The Hall–Kier alpha value is -1.70. The lowest BCUT2D eigenvalue weighted by Crippen LogP contribution is -2.38. The lowest BCUT2D eigenvalue weighted by molar-refractivity contribution is 0.0934. The molecule has 7 heteroatoms. The van der Waals surface area contributed by atoms with E-state index < -0.39 is 10.0 Å². The molecule has 0 saturated heterocycles. The maximum Gasteiger partial charge on any atom is 0.262 e. The Labute approximate surface area is 170 Å². The summed E-state index contributed by atoms with van der Waals surface area (Å²) in [6.07, 6.45) is 7.30. The molecule has 2 aromatic rings. The van der Waals surface area contributed by atoms with Gasteiger partial charge in [-0.1, -0.05) is 49.9 Å². The number of hydrogen-bond acceptors (Lipinski definition) is 4. The molecule has 0 spiro atoms. The molecule has 1 aliphatic carbocycles. The van der Waals surface area contributed by atoms with E-state index in [1.54, 1.807) is 11.4 Å². The third-order valence-electron chi connectivity index (χ3n) is 5.74. The van der Waals surface area contributed by atoms with Gasteiger partial charge in [0, 0.05) is 19.1 Å². The fraction of sp³-hybridized carbons (Fsp3) is 0.476. The van der Waals surface area contributed by atoms with E-state index in [1.165, 1.54) is 34.0 Å². The zero-order chi connectivity index (χ0) is 19.6. The smallest absolute Gasteiger partial charge is 0.262 e. The number of carbonyl (C=O) groups is 1. The number of hydrogen-bond donors (Lipinski definition) is 1. The van der Waals surface area contributed by atoms with Crippen molar-refractivity contribution in [1.82, 2.24) is 9.62 Å². The van der Waals surface area contributed by atoms with E-state index >= 15 is 0 Å². The Kier molecular flexibility index (Phi) is 5.85. The molecule has 5 nitrogen and oxygen atoms in total. The molecule has 28 heavy (non-hydrogen) atoms. The van der Waals surface area contributed by atoms with Gasteiger partial charge in [0.15, 0.2) is 0 Å². The molecule has 2 aliphatic rings. The minimum Gasteiger partial charge on any atom is -0.349 e. The fourth-order valence-corrected chi connectivity index (χ4v) is 6.88. The van der Waals surface area contributed by atoms with Crippen LogP contribution in [0.2, 0.25) is 0 Å². The average molecular weight is 419 g/mol. The molecular weight excluding hydrogens is 392 g/mol. The molecule has 1 saturated carbocycles. The lowest BCUT2D eigenvalue weighted by Gasteiger charge is -2.28. The van der Waals surface area contributed by atoms with Gasteiger partial charge in [-0.25, -0.2) is 8.42 Å². The second-order valence-corrected chi connectivity index (χ2v) is 10.5. The summed E-state index contributed by atoms with van der Waals surface area (Å²) in [5.41, 5.74) is 2.24. The number of nitrogens with one attached hydrogen (secondary N) is 1. The first-order valence-electron chi connectivity index (χ1n) is 10.0. The Morgan fingerprint density at radius 3 is 2.50 bits per heavy atom. The molecule has 4 rings (SSSR count). The van der Waals surface area contributed by atoms with E-state index in [2.05, 4.69) is 11.4 Å². The normalized spacial score (nSPS) is 19.0. The molecule has 1 amide bonds. The first-order valence-corrected chi connectivity index (χ1v) is 12.3. The van der Waals surface area contributed by atoms with Crippen molar-refractivity contribution in [2.24, 2.45) is 0 Å². The summed E-state index contributed by atoms with van der Waals surface area (Å²) >= 11 is 1.21. The number of benzene rings is 1. The average Bonchev–Trinajstić information content (AvgIpc) is 3.08. The van der Waals surface area contributed by atoms with E-state index in [0.29, 0.717) is 24.4 Å². The van der Waals surface area contributed by atoms with Crippen LogP contribution < -0.4 is 5.32 Å². The predicted molar refractivity (Wildman–Crippen MR) is 111 cm³/mol. The molecule has 0 radical (unpaired) electrons. The highest BCUT2D eigenvalue weighted by atomic mass is 32.2. The summed E-state index contributed by atoms with van der Waals surface area (Å²) in [5, 5.41) is 4.78. The van der Waals surface area contributed by atoms with Crippen molar-refractivity contribution in [2.75, 3.05) is 6.54 Å². The van der Waals surface area contributed by atoms with E-state index in [0.717, 1.165) is 31.2 Å². The third-order valence-corrected chi connectivity index (χ3v) is 8.67. The minimum absolute atomic E-state index is 0.142. The highest BCUT2D eigenvalue weighted by molar-refractivity contribution is 7.89. The van der Waals surface area contributed by atoms with Crippen molar-refractivity contribution in [1.29, 1.82) is 0 Å². The molecule has 0 unspecified atom stereocenters. The summed E-state index contributed by atoms with van der Waals surface area (Å²) in [7, 11) is -3.70. The molecule has 1 fully saturated rings. The number of nitrogens with zero attached hydrogens (tertiary/aromatic N) is 1. The molecule has 1 aromatic heterocycles. The van der Waals surface area contributed by atoms with Crippen LogP contribution >= 0.6 is 11.3 Å². The van der Waals surface area contributed by atoms with Gasteiger partial charge in [-0.2, -0.15) is 4.31 Å². The van der Waals surface area contributed by atoms with E-state index in [9.17, 15) is 13.2 Å². The number of fused-ring (bicyclic) bond motifs is 1. The molecule has 1 N–H and O–H groups in total. The quantitative estimate of drug-likeness (QED) is 0.765. The maximum absolute atomic E-state index is 13.3. The Morgan fingerprint density at radius 2 is 1.75 bits per heavy atom. The van der Waals surface area contributed by atoms with Crippen LogP contribution in [0, 0.1) is 0 Å². The highest BCUT2D eigenvalue weighted by Crippen LogP contribution is 2.29. The van der Waals surface area contributed by atoms with Crippen LogP contribution in [0.15, 0.2) is 40.6 Å². The molecule has 1 aromatic carbocycles. The standard InChI is InChI=1S/C21H26N2O3S2/c24-21(22-18-9-3-1-2-4-10-18)20-19(12-14-27-20)28(25,26)23-13-11-16-7-5-6-8-17(16)15-23/h5-8,12,14,18H,1-4,9-11,13,15H2,(H,22,24). The van der Waals surface area contributed by atoms with Crippen molar-refractivity contribution in [3.05, 3.63) is 51.7 Å². The SMILES string of the molecule is O=C(NC1CCCCCC1)c1sccc1S(=O)(=O)N1CCc2ccccc2C1. The van der Waals surface area contributed by atoms with Crippen molar-refractivity contribution >= 4 is 27.3 Å². The monoisotopic (exact) mass is 418 g/mol. The van der Waals surface area contributed by atoms with Gasteiger partial charge in [0.05, 0.1) is 0 Å². The minimum atomic E-state index is -3.70. The van der Waals surface area contributed by atoms with Crippen LogP contribution in [0.25, 0.3) is 0 Å². The molecule has 150 valence electrons. The Balaban J connectivity index is 1.53. The van der Waals surface area contributed by atoms with Crippen molar-refractivity contribution < 1.29 is 13.2 Å². The number of amides is 1. The van der Waals surface area contributed by atoms with Gasteiger partial charge in [0.2, 0.25) is 10.0 Å². The van der Waals surface area contributed by atoms with Crippen molar-refractivity contribution in [3.63, 3.8) is 0 Å². The third kappa shape index (κ3) is 4.02. The number of thiophene rings is 1. The summed E-state index contributed by atoms with van der Waals surface area (Å²) < 4.78 is 28.1. The van der Waals surface area contributed by atoms with Crippen LogP contribution in [0.4, 0.5) is 0 Å². The Morgan fingerprint density at radius 1 is 1.04 bits per heavy atom. The number of sulfonamides is 1. The largest absolute Gasteiger partial charge is 0.349 e. The summed E-state index contributed by atoms with van der Waals surface area (Å²) in [6, 6.07) is 9.67. The molecular formula is C21H26N2O3S2. The molecule has 0 bridgehead atoms. The molecule has 0 atom stereocenters. The summed E-state index contributed by atoms with van der Waals surface area (Å²) in [4.78, 5) is 13.3.